The van der Waals surface area contributed by atoms with Gasteiger partial charge in [-0.1, -0.05) is 32.9 Å². The average Bonchev–Trinajstić information content (AvgIpc) is 3.06. The highest BCUT2D eigenvalue weighted by molar-refractivity contribution is 6.12. The number of Topliss-reactive ketones (excluding diaryl/α,β-unsaturated/α-hetero) is 1. The number of rotatable bonds is 6. The van der Waals surface area contributed by atoms with Gasteiger partial charge in [-0.05, 0) is 25.7 Å². The predicted molar refractivity (Wildman–Crippen MR) is 68.6 cm³/mol. The number of allylic oxidation sites excluding steroid dienone is 3. The highest BCUT2D eigenvalue weighted by Crippen LogP contribution is 2.35. The van der Waals surface area contributed by atoms with Crippen molar-refractivity contribution in [3.63, 3.8) is 0 Å². The second-order valence-electron chi connectivity index (χ2n) is 4.59. The van der Waals surface area contributed by atoms with E-state index >= 15 is 0 Å². The fourth-order valence-corrected chi connectivity index (χ4v) is 1.35. The van der Waals surface area contributed by atoms with E-state index in [4.69, 9.17) is 0 Å². The Bertz CT molecular complexity index is 335. The summed E-state index contributed by atoms with van der Waals surface area (Å²) in [4.78, 5) is 15.7. The lowest BCUT2D eigenvalue weighted by molar-refractivity contribution is -0.113. The number of nitrogens with zero attached hydrogens (tertiary/aromatic N) is 1. The molecule has 0 aromatic heterocycles. The van der Waals surface area contributed by atoms with Gasteiger partial charge in [0.15, 0.2) is 5.78 Å². The zero-order valence-corrected chi connectivity index (χ0v) is 10.5. The van der Waals surface area contributed by atoms with Crippen LogP contribution in [0.2, 0.25) is 0 Å². The molecule has 1 aliphatic carbocycles. The largest absolute Gasteiger partial charge is 0.294 e. The minimum Gasteiger partial charge on any atom is -0.294 e. The van der Waals surface area contributed by atoms with Crippen LogP contribution in [-0.4, -0.2) is 12.0 Å². The number of hydrogen-bond acceptors (Lipinski definition) is 2. The van der Waals surface area contributed by atoms with Crippen molar-refractivity contribution in [3.8, 4) is 0 Å². The molecule has 1 unspecified atom stereocenters. The van der Waals surface area contributed by atoms with Gasteiger partial charge in [-0.3, -0.25) is 9.79 Å². The van der Waals surface area contributed by atoms with Gasteiger partial charge in [-0.2, -0.15) is 0 Å². The summed E-state index contributed by atoms with van der Waals surface area (Å²) in [5.74, 6) is 1.06. The molecule has 16 heavy (non-hydrogen) atoms. The standard InChI is InChI=1S/C14H21NO/c1-5-10(2)8-14(12(4)16)9-15-11(3)13-6-7-13/h8-10,13H,3,5-7H2,1-2,4H3/b14-8+,15-9-. The minimum atomic E-state index is 0.0765. The lowest BCUT2D eigenvalue weighted by atomic mass is 10.0. The van der Waals surface area contributed by atoms with E-state index in [0.29, 0.717) is 17.4 Å². The molecule has 0 heterocycles. The molecule has 2 nitrogen and oxygen atoms in total. The summed E-state index contributed by atoms with van der Waals surface area (Å²) in [5.41, 5.74) is 1.62. The van der Waals surface area contributed by atoms with Crippen molar-refractivity contribution in [2.75, 3.05) is 0 Å². The molecule has 1 saturated carbocycles. The van der Waals surface area contributed by atoms with Crippen molar-refractivity contribution in [2.45, 2.75) is 40.0 Å². The van der Waals surface area contributed by atoms with E-state index in [1.54, 1.807) is 13.1 Å². The third kappa shape index (κ3) is 4.13. The number of carbonyl (C=O) groups is 1. The van der Waals surface area contributed by atoms with Gasteiger partial charge in [0.1, 0.15) is 0 Å². The molecule has 0 N–H and O–H groups in total. The molecule has 0 aromatic carbocycles. The van der Waals surface area contributed by atoms with Gasteiger partial charge in [0.2, 0.25) is 0 Å². The second-order valence-corrected chi connectivity index (χ2v) is 4.59. The topological polar surface area (TPSA) is 29.4 Å². The molecule has 0 bridgehead atoms. The molecule has 0 spiro atoms. The van der Waals surface area contributed by atoms with Crippen molar-refractivity contribution in [1.29, 1.82) is 0 Å². The van der Waals surface area contributed by atoms with Crippen LogP contribution < -0.4 is 0 Å². The Kier molecular flexibility index (Phi) is 4.66. The van der Waals surface area contributed by atoms with Crippen LogP contribution in [0.3, 0.4) is 0 Å². The van der Waals surface area contributed by atoms with E-state index in [1.165, 1.54) is 12.8 Å². The quantitative estimate of drug-likeness (QED) is 0.496. The maximum atomic E-state index is 11.4. The van der Waals surface area contributed by atoms with E-state index in [1.807, 2.05) is 6.08 Å². The van der Waals surface area contributed by atoms with E-state index < -0.39 is 0 Å². The van der Waals surface area contributed by atoms with Crippen molar-refractivity contribution < 1.29 is 4.79 Å². The van der Waals surface area contributed by atoms with E-state index in [9.17, 15) is 4.79 Å². The van der Waals surface area contributed by atoms with Gasteiger partial charge in [-0.25, -0.2) is 0 Å². The molecule has 0 aliphatic heterocycles. The Morgan fingerprint density at radius 2 is 2.19 bits per heavy atom. The van der Waals surface area contributed by atoms with Crippen LogP contribution >= 0.6 is 0 Å². The van der Waals surface area contributed by atoms with Crippen molar-refractivity contribution in [1.82, 2.24) is 0 Å². The van der Waals surface area contributed by atoms with E-state index in [0.717, 1.165) is 12.1 Å². The molecular weight excluding hydrogens is 198 g/mol. The van der Waals surface area contributed by atoms with Gasteiger partial charge in [0.05, 0.1) is 0 Å². The Balaban J connectivity index is 2.66. The monoisotopic (exact) mass is 219 g/mol. The third-order valence-corrected chi connectivity index (χ3v) is 2.93. The summed E-state index contributed by atoms with van der Waals surface area (Å²) in [5, 5.41) is 0. The first-order chi connectivity index (χ1) is 7.54. The van der Waals surface area contributed by atoms with Gasteiger partial charge >= 0.3 is 0 Å². The molecule has 2 heteroatoms. The number of ketones is 1. The van der Waals surface area contributed by atoms with Gasteiger partial charge < -0.3 is 0 Å². The molecule has 1 fully saturated rings. The lowest BCUT2D eigenvalue weighted by Gasteiger charge is -2.03. The normalized spacial score (nSPS) is 18.8. The van der Waals surface area contributed by atoms with Crippen molar-refractivity contribution in [2.24, 2.45) is 16.8 Å². The highest BCUT2D eigenvalue weighted by atomic mass is 16.1. The summed E-state index contributed by atoms with van der Waals surface area (Å²) in [7, 11) is 0. The molecule has 0 amide bonds. The Hall–Kier alpha value is -1.18. The van der Waals surface area contributed by atoms with Crippen LogP contribution in [0.5, 0.6) is 0 Å². The van der Waals surface area contributed by atoms with Crippen LogP contribution in [0.4, 0.5) is 0 Å². The predicted octanol–water partition coefficient (Wildman–Crippen LogP) is 3.54. The van der Waals surface area contributed by atoms with Crippen molar-refractivity contribution in [3.05, 3.63) is 23.9 Å². The summed E-state index contributed by atoms with van der Waals surface area (Å²) in [6, 6.07) is 0. The number of hydrogen-bond donors (Lipinski definition) is 0. The number of carbonyl (C=O) groups excluding carboxylic acids is 1. The summed E-state index contributed by atoms with van der Waals surface area (Å²) in [6.07, 6.45) is 7.09. The molecule has 88 valence electrons. The van der Waals surface area contributed by atoms with Gasteiger partial charge in [-0.15, -0.1) is 0 Å². The van der Waals surface area contributed by atoms with Gasteiger partial charge in [0.25, 0.3) is 0 Å². The summed E-state index contributed by atoms with van der Waals surface area (Å²) >= 11 is 0. The maximum absolute atomic E-state index is 11.4. The zero-order chi connectivity index (χ0) is 12.1. The SMILES string of the molecule is C=C(/N=C\C(=C/C(C)CC)C(C)=O)C1CC1. The van der Waals surface area contributed by atoms with Crippen LogP contribution in [0, 0.1) is 11.8 Å². The average molecular weight is 219 g/mol. The Labute approximate surface area is 98.2 Å². The molecule has 0 aromatic rings. The molecule has 1 rings (SSSR count). The zero-order valence-electron chi connectivity index (χ0n) is 10.5. The summed E-state index contributed by atoms with van der Waals surface area (Å²) in [6.45, 7) is 9.71. The van der Waals surface area contributed by atoms with E-state index in [2.05, 4.69) is 25.4 Å². The summed E-state index contributed by atoms with van der Waals surface area (Å²) < 4.78 is 0. The molecule has 1 atom stereocenters. The van der Waals surface area contributed by atoms with Crippen LogP contribution in [0.25, 0.3) is 0 Å². The smallest absolute Gasteiger partial charge is 0.161 e. The van der Waals surface area contributed by atoms with Crippen LogP contribution in [0.1, 0.15) is 40.0 Å². The van der Waals surface area contributed by atoms with Gasteiger partial charge in [0, 0.05) is 23.4 Å². The first-order valence-electron chi connectivity index (χ1n) is 6.00. The second kappa shape index (κ2) is 5.78. The fraction of sp³-hybridized carbons (Fsp3) is 0.571. The Morgan fingerprint density at radius 1 is 1.56 bits per heavy atom. The Morgan fingerprint density at radius 3 is 2.62 bits per heavy atom. The van der Waals surface area contributed by atoms with Crippen LogP contribution in [-0.2, 0) is 4.79 Å². The molecular formula is C14H21NO. The molecule has 0 saturated heterocycles. The molecule has 0 radical (unpaired) electrons. The lowest BCUT2D eigenvalue weighted by Crippen LogP contribution is -2.01. The third-order valence-electron chi connectivity index (χ3n) is 2.93. The first kappa shape index (κ1) is 12.9. The maximum Gasteiger partial charge on any atom is 0.161 e. The fourth-order valence-electron chi connectivity index (χ4n) is 1.35. The van der Waals surface area contributed by atoms with Crippen LogP contribution in [0.15, 0.2) is 28.9 Å². The van der Waals surface area contributed by atoms with Crippen molar-refractivity contribution >= 4 is 12.0 Å². The number of aliphatic imine (C=N–C) groups is 1. The van der Waals surface area contributed by atoms with E-state index in [-0.39, 0.29) is 5.78 Å². The minimum absolute atomic E-state index is 0.0765. The highest BCUT2D eigenvalue weighted by Gasteiger charge is 2.24. The first-order valence-corrected chi connectivity index (χ1v) is 6.00. The molecule has 1 aliphatic rings.